The molecule has 0 aliphatic carbocycles. The van der Waals surface area contributed by atoms with E-state index in [1.54, 1.807) is 0 Å². The number of benzene rings is 1. The van der Waals surface area contributed by atoms with Gasteiger partial charge in [-0.1, -0.05) is 0 Å². The molecule has 3 aromatic rings. The van der Waals surface area contributed by atoms with E-state index in [1.165, 1.54) is 56.0 Å². The van der Waals surface area contributed by atoms with Gasteiger partial charge < -0.3 is 20.9 Å². The number of rotatable bonds is 5. The Balaban J connectivity index is 1.65. The highest BCUT2D eigenvalue weighted by Crippen LogP contribution is 2.13. The van der Waals surface area contributed by atoms with Crippen molar-refractivity contribution in [1.82, 2.24) is 20.3 Å². The first kappa shape index (κ1) is 18.7. The number of nitrogens with zero attached hydrogens (tertiary/aromatic N) is 2. The van der Waals surface area contributed by atoms with Crippen molar-refractivity contribution in [2.75, 3.05) is 17.7 Å². The van der Waals surface area contributed by atoms with E-state index < -0.39 is 23.5 Å². The number of anilines is 2. The Labute approximate surface area is 158 Å². The lowest BCUT2D eigenvalue weighted by Crippen LogP contribution is -2.23. The van der Waals surface area contributed by atoms with E-state index >= 15 is 0 Å². The van der Waals surface area contributed by atoms with Gasteiger partial charge in [-0.3, -0.25) is 14.4 Å². The molecule has 0 saturated heterocycles. The number of pyridine rings is 1. The fourth-order valence-corrected chi connectivity index (χ4v) is 2.28. The molecule has 3 amide bonds. The number of hydrogen-bond donors (Lipinski definition) is 4. The largest absolute Gasteiger partial charge is 0.354 e. The summed E-state index contributed by atoms with van der Waals surface area (Å²) in [6.45, 7) is 0. The molecule has 10 heteroatoms. The van der Waals surface area contributed by atoms with Gasteiger partial charge in [-0.2, -0.15) is 0 Å². The van der Waals surface area contributed by atoms with Crippen LogP contribution in [0, 0.1) is 5.82 Å². The van der Waals surface area contributed by atoms with Crippen LogP contribution in [0.1, 0.15) is 31.3 Å². The highest BCUT2D eigenvalue weighted by atomic mass is 19.1. The molecule has 4 N–H and O–H groups in total. The minimum atomic E-state index is -0.569. The molecule has 0 fully saturated rings. The van der Waals surface area contributed by atoms with Gasteiger partial charge in [0.25, 0.3) is 17.7 Å². The molecular weight excluding hydrogens is 367 g/mol. The zero-order valence-corrected chi connectivity index (χ0v) is 14.6. The lowest BCUT2D eigenvalue weighted by Gasteiger charge is -2.07. The van der Waals surface area contributed by atoms with Gasteiger partial charge in [-0.15, -0.1) is 0 Å². The predicted molar refractivity (Wildman–Crippen MR) is 98.5 cm³/mol. The van der Waals surface area contributed by atoms with Gasteiger partial charge in [0.05, 0.1) is 18.2 Å². The minimum Gasteiger partial charge on any atom is -0.354 e. The summed E-state index contributed by atoms with van der Waals surface area (Å²) in [5, 5.41) is 7.53. The third-order valence-corrected chi connectivity index (χ3v) is 3.68. The maximum Gasteiger partial charge on any atom is 0.274 e. The number of aromatic nitrogens is 3. The van der Waals surface area contributed by atoms with Crippen molar-refractivity contribution in [2.24, 2.45) is 0 Å². The van der Waals surface area contributed by atoms with Crippen LogP contribution < -0.4 is 16.0 Å². The molecule has 0 bridgehead atoms. The zero-order chi connectivity index (χ0) is 20.1. The smallest absolute Gasteiger partial charge is 0.274 e. The number of imidazole rings is 1. The number of carbonyl (C=O) groups excluding carboxylic acids is 3. The van der Waals surface area contributed by atoms with Crippen molar-refractivity contribution in [3.05, 3.63) is 71.7 Å². The van der Waals surface area contributed by atoms with Gasteiger partial charge in [0.2, 0.25) is 0 Å². The number of halogens is 1. The second-order valence-corrected chi connectivity index (χ2v) is 5.55. The molecule has 0 aliphatic rings. The quantitative estimate of drug-likeness (QED) is 0.535. The highest BCUT2D eigenvalue weighted by molar-refractivity contribution is 6.10. The molecule has 0 atom stereocenters. The molecular formula is C18H15FN6O3. The van der Waals surface area contributed by atoms with Crippen LogP contribution in [0.2, 0.25) is 0 Å². The zero-order valence-electron chi connectivity index (χ0n) is 14.6. The fraction of sp³-hybridized carbons (Fsp3) is 0.0556. The summed E-state index contributed by atoms with van der Waals surface area (Å²) in [4.78, 5) is 46.5. The van der Waals surface area contributed by atoms with Crippen molar-refractivity contribution >= 4 is 29.2 Å². The monoisotopic (exact) mass is 382 g/mol. The van der Waals surface area contributed by atoms with Crippen LogP contribution in [-0.2, 0) is 0 Å². The molecule has 0 spiro atoms. The number of aromatic amines is 1. The van der Waals surface area contributed by atoms with Crippen molar-refractivity contribution in [3.63, 3.8) is 0 Å². The summed E-state index contributed by atoms with van der Waals surface area (Å²) in [7, 11) is 1.43. The average molecular weight is 382 g/mol. The number of hydrogen-bond acceptors (Lipinski definition) is 5. The molecule has 142 valence electrons. The standard InChI is InChI=1S/C18H15FN6O3/c1-20-17(27)14-15(23-9-22-14)18(28)24-12-6-7-13(21-8-12)25-16(26)10-2-4-11(19)5-3-10/h2-9H,1H3,(H,20,27)(H,22,23)(H,24,28)(H,21,25,26). The van der Waals surface area contributed by atoms with Crippen molar-refractivity contribution in [1.29, 1.82) is 0 Å². The van der Waals surface area contributed by atoms with Crippen molar-refractivity contribution < 1.29 is 18.8 Å². The lowest BCUT2D eigenvalue weighted by atomic mass is 10.2. The Morgan fingerprint density at radius 1 is 0.929 bits per heavy atom. The normalized spacial score (nSPS) is 10.2. The lowest BCUT2D eigenvalue weighted by molar-refractivity contribution is 0.0943. The molecule has 0 radical (unpaired) electrons. The number of carbonyl (C=O) groups is 3. The second kappa shape index (κ2) is 8.08. The van der Waals surface area contributed by atoms with Crippen molar-refractivity contribution in [3.8, 4) is 0 Å². The van der Waals surface area contributed by atoms with Gasteiger partial charge in [-0.05, 0) is 36.4 Å². The van der Waals surface area contributed by atoms with Crippen LogP contribution in [0.15, 0.2) is 48.9 Å². The number of H-pyrrole nitrogens is 1. The van der Waals surface area contributed by atoms with E-state index in [0.29, 0.717) is 5.69 Å². The van der Waals surface area contributed by atoms with E-state index in [4.69, 9.17) is 0 Å². The van der Waals surface area contributed by atoms with Crippen LogP contribution in [-0.4, -0.2) is 39.7 Å². The summed E-state index contributed by atoms with van der Waals surface area (Å²) in [5.41, 5.74) is 0.605. The summed E-state index contributed by atoms with van der Waals surface area (Å²) < 4.78 is 12.9. The Kier molecular flexibility index (Phi) is 5.40. The van der Waals surface area contributed by atoms with Crippen LogP contribution in [0.5, 0.6) is 0 Å². The summed E-state index contributed by atoms with van der Waals surface area (Å²) in [5.74, 6) is -1.70. The average Bonchev–Trinajstić information content (AvgIpc) is 3.19. The highest BCUT2D eigenvalue weighted by Gasteiger charge is 2.19. The van der Waals surface area contributed by atoms with Crippen LogP contribution >= 0.6 is 0 Å². The molecule has 0 saturated carbocycles. The summed E-state index contributed by atoms with van der Waals surface area (Å²) in [6.07, 6.45) is 2.58. The van der Waals surface area contributed by atoms with E-state index in [0.717, 1.165) is 0 Å². The number of amides is 3. The third kappa shape index (κ3) is 4.18. The molecule has 0 aliphatic heterocycles. The molecule has 2 aromatic heterocycles. The van der Waals surface area contributed by atoms with Gasteiger partial charge in [0, 0.05) is 12.6 Å². The Bertz CT molecular complexity index is 1010. The molecule has 9 nitrogen and oxygen atoms in total. The Morgan fingerprint density at radius 3 is 2.32 bits per heavy atom. The van der Waals surface area contributed by atoms with Crippen LogP contribution in [0.25, 0.3) is 0 Å². The molecule has 0 unspecified atom stereocenters. The van der Waals surface area contributed by atoms with Gasteiger partial charge in [0.1, 0.15) is 17.3 Å². The minimum absolute atomic E-state index is 0.00744. The van der Waals surface area contributed by atoms with Gasteiger partial charge in [0.15, 0.2) is 5.69 Å². The van der Waals surface area contributed by atoms with E-state index in [2.05, 4.69) is 30.9 Å². The van der Waals surface area contributed by atoms with E-state index in [9.17, 15) is 18.8 Å². The first-order chi connectivity index (χ1) is 13.5. The third-order valence-electron chi connectivity index (χ3n) is 3.68. The Morgan fingerprint density at radius 2 is 1.68 bits per heavy atom. The molecule has 28 heavy (non-hydrogen) atoms. The summed E-state index contributed by atoms with van der Waals surface area (Å²) >= 11 is 0. The topological polar surface area (TPSA) is 129 Å². The van der Waals surface area contributed by atoms with Gasteiger partial charge in [-0.25, -0.2) is 14.4 Å². The molecule has 3 rings (SSSR count). The van der Waals surface area contributed by atoms with Gasteiger partial charge >= 0.3 is 0 Å². The molecule has 1 aromatic carbocycles. The SMILES string of the molecule is CNC(=O)c1nc[nH]c1C(=O)Nc1ccc(NC(=O)c2ccc(F)cc2)nc1. The first-order valence-corrected chi connectivity index (χ1v) is 8.07. The number of nitrogens with one attached hydrogen (secondary N) is 4. The van der Waals surface area contributed by atoms with E-state index in [1.807, 2.05) is 0 Å². The summed E-state index contributed by atoms with van der Waals surface area (Å²) in [6, 6.07) is 8.10. The molecule has 2 heterocycles. The second-order valence-electron chi connectivity index (χ2n) is 5.55. The van der Waals surface area contributed by atoms with Crippen molar-refractivity contribution in [2.45, 2.75) is 0 Å². The van der Waals surface area contributed by atoms with E-state index in [-0.39, 0.29) is 22.8 Å². The maximum absolute atomic E-state index is 12.9. The van der Waals surface area contributed by atoms with Crippen LogP contribution in [0.3, 0.4) is 0 Å². The maximum atomic E-state index is 12.9. The fourth-order valence-electron chi connectivity index (χ4n) is 2.28. The van der Waals surface area contributed by atoms with Crippen LogP contribution in [0.4, 0.5) is 15.9 Å². The predicted octanol–water partition coefficient (Wildman–Crippen LogP) is 1.81. The Hall–Kier alpha value is -4.08. The first-order valence-electron chi connectivity index (χ1n) is 8.07.